The van der Waals surface area contributed by atoms with Crippen LogP contribution in [0.1, 0.15) is 5.56 Å². The van der Waals surface area contributed by atoms with Gasteiger partial charge in [0.1, 0.15) is 16.3 Å². The van der Waals surface area contributed by atoms with Gasteiger partial charge in [-0.05, 0) is 42.8 Å². The predicted octanol–water partition coefficient (Wildman–Crippen LogP) is 4.36. The van der Waals surface area contributed by atoms with Crippen molar-refractivity contribution in [3.05, 3.63) is 72.4 Å². The van der Waals surface area contributed by atoms with E-state index < -0.39 is 10.8 Å². The van der Waals surface area contributed by atoms with Crippen molar-refractivity contribution in [1.29, 1.82) is 0 Å². The summed E-state index contributed by atoms with van der Waals surface area (Å²) in [6.07, 6.45) is 1.75. The summed E-state index contributed by atoms with van der Waals surface area (Å²) in [5, 5.41) is 0.205. The van der Waals surface area contributed by atoms with Gasteiger partial charge in [0.25, 0.3) is 5.22 Å². The fourth-order valence-corrected chi connectivity index (χ4v) is 3.66. The van der Waals surface area contributed by atoms with E-state index in [4.69, 9.17) is 4.42 Å². The standard InChI is InChI=1S/C19H14N2O2S/c1-13-10-11-20-16(12-13)14-6-2-5-9-18(14)24(22)19-21-15-7-3-4-8-17(15)23-19/h2-12H,1H3. The van der Waals surface area contributed by atoms with Gasteiger partial charge >= 0.3 is 0 Å². The molecular weight excluding hydrogens is 320 g/mol. The first-order valence-corrected chi connectivity index (χ1v) is 8.67. The molecule has 1 atom stereocenters. The van der Waals surface area contributed by atoms with Gasteiger partial charge in [-0.25, -0.2) is 9.19 Å². The van der Waals surface area contributed by atoms with Crippen molar-refractivity contribution in [2.24, 2.45) is 0 Å². The van der Waals surface area contributed by atoms with Crippen molar-refractivity contribution in [2.45, 2.75) is 17.0 Å². The Hall–Kier alpha value is -2.79. The summed E-state index contributed by atoms with van der Waals surface area (Å²) in [6, 6.07) is 18.8. The molecule has 5 heteroatoms. The maximum atomic E-state index is 13.0. The third-order valence-corrected chi connectivity index (χ3v) is 4.96. The van der Waals surface area contributed by atoms with Crippen LogP contribution in [0.3, 0.4) is 0 Å². The van der Waals surface area contributed by atoms with E-state index in [1.54, 1.807) is 6.20 Å². The van der Waals surface area contributed by atoms with Crippen molar-refractivity contribution in [1.82, 2.24) is 9.97 Å². The molecule has 0 aliphatic heterocycles. The molecule has 0 saturated heterocycles. The van der Waals surface area contributed by atoms with Crippen LogP contribution in [-0.2, 0) is 10.8 Å². The fraction of sp³-hybridized carbons (Fsp3) is 0.0526. The third kappa shape index (κ3) is 2.63. The van der Waals surface area contributed by atoms with Crippen molar-refractivity contribution in [2.75, 3.05) is 0 Å². The molecule has 2 aromatic carbocycles. The Kier molecular flexibility index (Phi) is 3.70. The van der Waals surface area contributed by atoms with E-state index in [-0.39, 0.29) is 5.22 Å². The Morgan fingerprint density at radius 2 is 1.79 bits per heavy atom. The van der Waals surface area contributed by atoms with Crippen LogP contribution < -0.4 is 0 Å². The van der Waals surface area contributed by atoms with Gasteiger partial charge in [0.15, 0.2) is 5.58 Å². The van der Waals surface area contributed by atoms with Gasteiger partial charge < -0.3 is 4.42 Å². The molecule has 0 N–H and O–H groups in total. The quantitative estimate of drug-likeness (QED) is 0.558. The smallest absolute Gasteiger partial charge is 0.292 e. The second kappa shape index (κ2) is 6.02. The third-order valence-electron chi connectivity index (χ3n) is 3.71. The Labute approximate surface area is 141 Å². The molecule has 1 unspecified atom stereocenters. The molecule has 2 aromatic heterocycles. The lowest BCUT2D eigenvalue weighted by molar-refractivity contribution is 0.478. The highest BCUT2D eigenvalue weighted by molar-refractivity contribution is 7.85. The van der Waals surface area contributed by atoms with Crippen molar-refractivity contribution in [3.8, 4) is 11.3 Å². The molecule has 0 amide bonds. The van der Waals surface area contributed by atoms with Crippen molar-refractivity contribution < 1.29 is 8.63 Å². The van der Waals surface area contributed by atoms with Gasteiger partial charge in [-0.1, -0.05) is 30.3 Å². The molecule has 0 spiro atoms. The predicted molar refractivity (Wildman–Crippen MR) is 93.1 cm³/mol. The van der Waals surface area contributed by atoms with Gasteiger partial charge in [0.2, 0.25) is 0 Å². The minimum absolute atomic E-state index is 0.205. The number of rotatable bonds is 3. The number of benzene rings is 2. The Morgan fingerprint density at radius 3 is 2.62 bits per heavy atom. The molecule has 0 aliphatic rings. The van der Waals surface area contributed by atoms with Crippen LogP contribution in [-0.4, -0.2) is 14.2 Å². The first-order valence-electron chi connectivity index (χ1n) is 7.52. The molecule has 4 aromatic rings. The SMILES string of the molecule is Cc1ccnc(-c2ccccc2S(=O)c2nc3ccccc3o2)c1. The van der Waals surface area contributed by atoms with Crippen LogP contribution in [0.2, 0.25) is 0 Å². The molecule has 0 saturated carbocycles. The van der Waals surface area contributed by atoms with Crippen molar-refractivity contribution in [3.63, 3.8) is 0 Å². The van der Waals surface area contributed by atoms with Gasteiger partial charge in [-0.3, -0.25) is 4.98 Å². The average Bonchev–Trinajstić information content (AvgIpc) is 3.05. The first kappa shape index (κ1) is 14.8. The lowest BCUT2D eigenvalue weighted by Crippen LogP contribution is -1.97. The highest BCUT2D eigenvalue weighted by atomic mass is 32.2. The topological polar surface area (TPSA) is 56.0 Å². The maximum absolute atomic E-state index is 13.0. The highest BCUT2D eigenvalue weighted by Gasteiger charge is 2.19. The molecule has 0 bridgehead atoms. The molecule has 118 valence electrons. The van der Waals surface area contributed by atoms with E-state index in [9.17, 15) is 4.21 Å². The molecule has 2 heterocycles. The molecule has 4 nitrogen and oxygen atoms in total. The van der Waals surface area contributed by atoms with Crippen LogP contribution in [0.15, 0.2) is 81.4 Å². The number of pyridine rings is 1. The summed E-state index contributed by atoms with van der Waals surface area (Å²) in [6.45, 7) is 2.01. The number of aromatic nitrogens is 2. The van der Waals surface area contributed by atoms with Crippen LogP contribution in [0.4, 0.5) is 0 Å². The number of aryl methyl sites for hydroxylation is 1. The lowest BCUT2D eigenvalue weighted by Gasteiger charge is -2.07. The number of nitrogens with zero attached hydrogens (tertiary/aromatic N) is 2. The summed E-state index contributed by atoms with van der Waals surface area (Å²) in [7, 11) is -1.52. The molecule has 0 fully saturated rings. The van der Waals surface area contributed by atoms with E-state index in [0.29, 0.717) is 16.0 Å². The van der Waals surface area contributed by atoms with Crippen LogP contribution in [0.25, 0.3) is 22.4 Å². The number of para-hydroxylation sites is 2. The second-order valence-corrected chi connectivity index (χ2v) is 6.76. The van der Waals surface area contributed by atoms with Gasteiger partial charge in [0.05, 0.1) is 10.6 Å². The zero-order chi connectivity index (χ0) is 16.5. The minimum atomic E-state index is -1.52. The van der Waals surface area contributed by atoms with E-state index in [1.807, 2.05) is 67.6 Å². The highest BCUT2D eigenvalue weighted by Crippen LogP contribution is 2.29. The largest absolute Gasteiger partial charge is 0.429 e. The average molecular weight is 334 g/mol. The van der Waals surface area contributed by atoms with Gasteiger partial charge in [-0.15, -0.1) is 0 Å². The Bertz CT molecular complexity index is 1020. The van der Waals surface area contributed by atoms with E-state index in [0.717, 1.165) is 16.8 Å². The number of hydrogen-bond donors (Lipinski definition) is 0. The number of oxazole rings is 1. The van der Waals surface area contributed by atoms with Gasteiger partial charge in [-0.2, -0.15) is 0 Å². The Morgan fingerprint density at radius 1 is 1.00 bits per heavy atom. The zero-order valence-corrected chi connectivity index (χ0v) is 13.8. The monoisotopic (exact) mass is 334 g/mol. The molecule has 24 heavy (non-hydrogen) atoms. The van der Waals surface area contributed by atoms with E-state index in [2.05, 4.69) is 9.97 Å². The first-order chi connectivity index (χ1) is 11.7. The lowest BCUT2D eigenvalue weighted by atomic mass is 10.1. The molecule has 0 aliphatic carbocycles. The summed E-state index contributed by atoms with van der Waals surface area (Å²) in [5.74, 6) is 0. The molecular formula is C19H14N2O2S. The van der Waals surface area contributed by atoms with Crippen LogP contribution in [0.5, 0.6) is 0 Å². The van der Waals surface area contributed by atoms with Crippen molar-refractivity contribution >= 4 is 21.9 Å². The minimum Gasteiger partial charge on any atom is -0.429 e. The number of hydrogen-bond acceptors (Lipinski definition) is 4. The maximum Gasteiger partial charge on any atom is 0.292 e. The fourth-order valence-electron chi connectivity index (χ4n) is 2.55. The molecule has 0 radical (unpaired) electrons. The second-order valence-electron chi connectivity index (χ2n) is 5.43. The van der Waals surface area contributed by atoms with E-state index in [1.165, 1.54) is 0 Å². The summed E-state index contributed by atoms with van der Waals surface area (Å²) in [4.78, 5) is 9.40. The van der Waals surface area contributed by atoms with Gasteiger partial charge in [0, 0.05) is 11.8 Å². The van der Waals surface area contributed by atoms with Crippen LogP contribution >= 0.6 is 0 Å². The zero-order valence-electron chi connectivity index (χ0n) is 13.0. The van der Waals surface area contributed by atoms with E-state index >= 15 is 0 Å². The summed E-state index contributed by atoms with van der Waals surface area (Å²) < 4.78 is 18.7. The normalized spacial score (nSPS) is 12.4. The summed E-state index contributed by atoms with van der Waals surface area (Å²) in [5.41, 5.74) is 4.04. The Balaban J connectivity index is 1.83. The molecule has 4 rings (SSSR count). The van der Waals surface area contributed by atoms with Crippen LogP contribution in [0, 0.1) is 6.92 Å². The number of fused-ring (bicyclic) bond motifs is 1. The summed E-state index contributed by atoms with van der Waals surface area (Å²) >= 11 is 0.